The van der Waals surface area contributed by atoms with Crippen LogP contribution in [0.1, 0.15) is 92.9 Å². The van der Waals surface area contributed by atoms with Crippen molar-refractivity contribution in [3.05, 3.63) is 0 Å². The third kappa shape index (κ3) is 5.85. The van der Waals surface area contributed by atoms with E-state index in [9.17, 15) is 0 Å². The third-order valence-corrected chi connectivity index (χ3v) is 5.54. The number of hydrogen-bond acceptors (Lipinski definition) is 2. The van der Waals surface area contributed by atoms with E-state index >= 15 is 0 Å². The van der Waals surface area contributed by atoms with Gasteiger partial charge in [0.05, 0.1) is 6.10 Å². The normalized spacial score (nSPS) is 23.6. The average Bonchev–Trinajstić information content (AvgIpc) is 2.41. The molecular formula is C20H41NO. The number of nitrogens with zero attached hydrogens (tertiary/aromatic N) is 1. The minimum Gasteiger partial charge on any atom is -0.381 e. The predicted molar refractivity (Wildman–Crippen MR) is 97.4 cm³/mol. The van der Waals surface area contributed by atoms with E-state index < -0.39 is 0 Å². The summed E-state index contributed by atoms with van der Waals surface area (Å²) in [4.78, 5) is 2.76. The second-order valence-electron chi connectivity index (χ2n) is 8.81. The van der Waals surface area contributed by atoms with E-state index in [2.05, 4.69) is 46.4 Å². The summed E-state index contributed by atoms with van der Waals surface area (Å²) in [6.45, 7) is 15.5. The van der Waals surface area contributed by atoms with Crippen LogP contribution in [0.3, 0.4) is 0 Å². The van der Waals surface area contributed by atoms with Gasteiger partial charge in [0.2, 0.25) is 0 Å². The van der Waals surface area contributed by atoms with Crippen molar-refractivity contribution in [2.75, 3.05) is 13.7 Å². The SMILES string of the molecule is CCCCCCCC(C)CN1C(C)(C)CC(OC)CC1(C)C. The van der Waals surface area contributed by atoms with Crippen molar-refractivity contribution >= 4 is 0 Å². The molecule has 1 saturated heterocycles. The van der Waals surface area contributed by atoms with E-state index in [1.165, 1.54) is 45.1 Å². The zero-order valence-electron chi connectivity index (χ0n) is 16.4. The van der Waals surface area contributed by atoms with Gasteiger partial charge in [-0.2, -0.15) is 0 Å². The summed E-state index contributed by atoms with van der Waals surface area (Å²) in [6.07, 6.45) is 11.1. The van der Waals surface area contributed by atoms with Crippen LogP contribution in [0.2, 0.25) is 0 Å². The summed E-state index contributed by atoms with van der Waals surface area (Å²) in [5.74, 6) is 0.791. The smallest absolute Gasteiger partial charge is 0.0606 e. The molecule has 1 unspecified atom stereocenters. The summed E-state index contributed by atoms with van der Waals surface area (Å²) in [6, 6.07) is 0. The molecule has 0 aliphatic carbocycles. The molecule has 0 spiro atoms. The Morgan fingerprint density at radius 1 is 1.00 bits per heavy atom. The predicted octanol–water partition coefficient (Wildman–Crippen LogP) is 5.65. The van der Waals surface area contributed by atoms with Crippen molar-refractivity contribution in [3.8, 4) is 0 Å². The highest BCUT2D eigenvalue weighted by atomic mass is 16.5. The summed E-state index contributed by atoms with van der Waals surface area (Å²) < 4.78 is 5.69. The second kappa shape index (κ2) is 8.68. The van der Waals surface area contributed by atoms with E-state index in [4.69, 9.17) is 4.74 Å². The number of rotatable bonds is 9. The molecule has 0 aromatic carbocycles. The first-order valence-electron chi connectivity index (χ1n) is 9.53. The van der Waals surface area contributed by atoms with Gasteiger partial charge < -0.3 is 4.74 Å². The topological polar surface area (TPSA) is 12.5 Å². The van der Waals surface area contributed by atoms with Gasteiger partial charge >= 0.3 is 0 Å². The molecule has 132 valence electrons. The maximum Gasteiger partial charge on any atom is 0.0606 e. The van der Waals surface area contributed by atoms with E-state index in [0.29, 0.717) is 6.10 Å². The first kappa shape index (κ1) is 20.0. The Hall–Kier alpha value is -0.0800. The second-order valence-corrected chi connectivity index (χ2v) is 8.81. The summed E-state index contributed by atoms with van der Waals surface area (Å²) in [7, 11) is 1.87. The molecule has 0 aromatic heterocycles. The summed E-state index contributed by atoms with van der Waals surface area (Å²) in [5.41, 5.74) is 0.470. The van der Waals surface area contributed by atoms with Gasteiger partial charge in [0, 0.05) is 24.7 Å². The molecule has 2 nitrogen and oxygen atoms in total. The monoisotopic (exact) mass is 311 g/mol. The van der Waals surface area contributed by atoms with Crippen LogP contribution >= 0.6 is 0 Å². The van der Waals surface area contributed by atoms with Crippen molar-refractivity contribution in [2.24, 2.45) is 5.92 Å². The Morgan fingerprint density at radius 3 is 2.05 bits per heavy atom. The lowest BCUT2D eigenvalue weighted by molar-refractivity contribution is -0.0983. The van der Waals surface area contributed by atoms with Crippen LogP contribution in [0.15, 0.2) is 0 Å². The van der Waals surface area contributed by atoms with E-state index in [-0.39, 0.29) is 11.1 Å². The molecular weight excluding hydrogens is 270 g/mol. The largest absolute Gasteiger partial charge is 0.381 e. The molecule has 0 amide bonds. The third-order valence-electron chi connectivity index (χ3n) is 5.54. The zero-order valence-corrected chi connectivity index (χ0v) is 16.4. The molecule has 1 fully saturated rings. The van der Waals surface area contributed by atoms with Gasteiger partial charge in [-0.05, 0) is 52.9 Å². The maximum absolute atomic E-state index is 5.69. The number of unbranched alkanes of at least 4 members (excludes halogenated alkanes) is 4. The van der Waals surface area contributed by atoms with Crippen molar-refractivity contribution in [3.63, 3.8) is 0 Å². The van der Waals surface area contributed by atoms with Crippen LogP contribution in [0, 0.1) is 5.92 Å². The molecule has 0 radical (unpaired) electrons. The van der Waals surface area contributed by atoms with E-state index in [1.54, 1.807) is 0 Å². The van der Waals surface area contributed by atoms with Crippen molar-refractivity contribution in [1.82, 2.24) is 4.90 Å². The van der Waals surface area contributed by atoms with E-state index in [0.717, 1.165) is 18.8 Å². The van der Waals surface area contributed by atoms with Crippen LogP contribution in [0.5, 0.6) is 0 Å². The molecule has 2 heteroatoms. The standard InChI is InChI=1S/C20H41NO/c1-8-9-10-11-12-13-17(2)16-21-19(3,4)14-18(22-7)15-20(21,5)6/h17-18H,8-16H2,1-7H3. The van der Waals surface area contributed by atoms with Gasteiger partial charge in [0.15, 0.2) is 0 Å². The van der Waals surface area contributed by atoms with Crippen molar-refractivity contribution in [1.29, 1.82) is 0 Å². The number of likely N-dealkylation sites (tertiary alicyclic amines) is 1. The molecule has 1 atom stereocenters. The molecule has 22 heavy (non-hydrogen) atoms. The fourth-order valence-electron chi connectivity index (χ4n) is 4.39. The Balaban J connectivity index is 2.51. The summed E-state index contributed by atoms with van der Waals surface area (Å²) >= 11 is 0. The fourth-order valence-corrected chi connectivity index (χ4v) is 4.39. The van der Waals surface area contributed by atoms with Crippen molar-refractivity contribution in [2.45, 2.75) is 110 Å². The Bertz CT molecular complexity index is 293. The van der Waals surface area contributed by atoms with Crippen LogP contribution in [-0.4, -0.2) is 35.7 Å². The summed E-state index contributed by atoms with van der Waals surface area (Å²) in [5, 5.41) is 0. The highest BCUT2D eigenvalue weighted by Gasteiger charge is 2.45. The minimum atomic E-state index is 0.235. The number of piperidine rings is 1. The number of methoxy groups -OCH3 is 1. The number of ether oxygens (including phenoxy) is 1. The Morgan fingerprint density at radius 2 is 1.55 bits per heavy atom. The first-order valence-corrected chi connectivity index (χ1v) is 9.53. The van der Waals surface area contributed by atoms with Crippen LogP contribution < -0.4 is 0 Å². The lowest BCUT2D eigenvalue weighted by Gasteiger charge is -2.55. The van der Waals surface area contributed by atoms with Gasteiger partial charge in [-0.25, -0.2) is 0 Å². The Kier molecular flexibility index (Phi) is 7.88. The molecule has 1 rings (SSSR count). The van der Waals surface area contributed by atoms with Crippen LogP contribution in [0.4, 0.5) is 0 Å². The van der Waals surface area contributed by atoms with Crippen LogP contribution in [-0.2, 0) is 4.74 Å². The highest BCUT2D eigenvalue weighted by Crippen LogP contribution is 2.40. The van der Waals surface area contributed by atoms with Gasteiger partial charge in [-0.3, -0.25) is 4.90 Å². The van der Waals surface area contributed by atoms with E-state index in [1.807, 2.05) is 7.11 Å². The van der Waals surface area contributed by atoms with Crippen LogP contribution in [0.25, 0.3) is 0 Å². The highest BCUT2D eigenvalue weighted by molar-refractivity contribution is 5.00. The maximum atomic E-state index is 5.69. The number of hydrogen-bond donors (Lipinski definition) is 0. The van der Waals surface area contributed by atoms with Gasteiger partial charge in [-0.15, -0.1) is 0 Å². The fraction of sp³-hybridized carbons (Fsp3) is 1.00. The molecule has 1 aliphatic heterocycles. The quantitative estimate of drug-likeness (QED) is 0.510. The molecule has 0 aromatic rings. The molecule has 1 heterocycles. The molecule has 0 N–H and O–H groups in total. The lowest BCUT2D eigenvalue weighted by atomic mass is 9.77. The minimum absolute atomic E-state index is 0.235. The average molecular weight is 312 g/mol. The molecule has 0 saturated carbocycles. The molecule has 1 aliphatic rings. The Labute approximate surface area is 140 Å². The van der Waals surface area contributed by atoms with Gasteiger partial charge in [-0.1, -0.05) is 46.0 Å². The van der Waals surface area contributed by atoms with Crippen molar-refractivity contribution < 1.29 is 4.74 Å². The lowest BCUT2D eigenvalue weighted by Crippen LogP contribution is -2.62. The van der Waals surface area contributed by atoms with Gasteiger partial charge in [0.1, 0.15) is 0 Å². The molecule has 0 bridgehead atoms. The van der Waals surface area contributed by atoms with Gasteiger partial charge in [0.25, 0.3) is 0 Å². The zero-order chi connectivity index (χ0) is 16.8. The first-order chi connectivity index (χ1) is 10.2.